The molecule has 1 aliphatic rings. The van der Waals surface area contributed by atoms with Crippen molar-refractivity contribution in [1.82, 2.24) is 10.3 Å². The normalized spacial score (nSPS) is 19.6. The maximum Gasteiger partial charge on any atom is 0.346 e. The minimum atomic E-state index is -1.28. The highest BCUT2D eigenvalue weighted by molar-refractivity contribution is 6.36. The number of rotatable bonds is 4. The first-order valence-electron chi connectivity index (χ1n) is 7.79. The molecule has 0 aliphatic carbocycles. The molecule has 3 rings (SSSR count). The van der Waals surface area contributed by atoms with Crippen LogP contribution in [0.15, 0.2) is 41.5 Å². The highest BCUT2D eigenvalue weighted by Gasteiger charge is 2.49. The fourth-order valence-electron chi connectivity index (χ4n) is 2.65. The van der Waals surface area contributed by atoms with Gasteiger partial charge in [-0.1, -0.05) is 35.3 Å². The lowest BCUT2D eigenvalue weighted by atomic mass is 9.92. The number of aromatic hydroxyl groups is 1. The van der Waals surface area contributed by atoms with E-state index in [2.05, 4.69) is 10.4 Å². The molecule has 2 aromatic carbocycles. The molecule has 2 aromatic rings. The molecule has 140 valence electrons. The van der Waals surface area contributed by atoms with Crippen molar-refractivity contribution < 1.29 is 19.4 Å². The SMILES string of the molecule is COc1ccc([C@]2(C)NC(=O)N(/N=C/c3cc(Cl)cc(Cl)c3O)C2=O)cc1. The fourth-order valence-corrected chi connectivity index (χ4v) is 3.16. The Labute approximate surface area is 165 Å². The summed E-state index contributed by atoms with van der Waals surface area (Å²) < 4.78 is 5.10. The summed E-state index contributed by atoms with van der Waals surface area (Å²) in [5.74, 6) is -0.196. The third-order valence-corrected chi connectivity index (χ3v) is 4.71. The van der Waals surface area contributed by atoms with E-state index in [1.54, 1.807) is 31.2 Å². The second-order valence-electron chi connectivity index (χ2n) is 5.97. The molecule has 0 spiro atoms. The van der Waals surface area contributed by atoms with E-state index in [-0.39, 0.29) is 21.4 Å². The molecule has 0 aromatic heterocycles. The summed E-state index contributed by atoms with van der Waals surface area (Å²) in [6, 6.07) is 8.84. The lowest BCUT2D eigenvalue weighted by Gasteiger charge is -2.21. The number of nitrogens with zero attached hydrogens (tertiary/aromatic N) is 2. The maximum absolute atomic E-state index is 12.8. The minimum Gasteiger partial charge on any atom is -0.506 e. The molecular weight excluding hydrogens is 393 g/mol. The smallest absolute Gasteiger partial charge is 0.346 e. The molecule has 1 fully saturated rings. The number of imide groups is 1. The van der Waals surface area contributed by atoms with Crippen LogP contribution in [0.1, 0.15) is 18.1 Å². The van der Waals surface area contributed by atoms with E-state index in [0.29, 0.717) is 16.3 Å². The lowest BCUT2D eigenvalue weighted by molar-refractivity contribution is -0.131. The molecule has 2 N–H and O–H groups in total. The highest BCUT2D eigenvalue weighted by atomic mass is 35.5. The molecule has 1 atom stereocenters. The van der Waals surface area contributed by atoms with E-state index >= 15 is 0 Å². The summed E-state index contributed by atoms with van der Waals surface area (Å²) in [6.07, 6.45) is 1.14. The number of methoxy groups -OCH3 is 1. The Bertz CT molecular complexity index is 946. The number of hydrogen-bond acceptors (Lipinski definition) is 5. The van der Waals surface area contributed by atoms with Crippen molar-refractivity contribution in [3.05, 3.63) is 57.6 Å². The zero-order valence-electron chi connectivity index (χ0n) is 14.4. The topological polar surface area (TPSA) is 91.2 Å². The quantitative estimate of drug-likeness (QED) is 0.599. The number of phenolic OH excluding ortho intramolecular Hbond substituents is 1. The van der Waals surface area contributed by atoms with Crippen molar-refractivity contribution in [2.45, 2.75) is 12.5 Å². The maximum atomic E-state index is 12.8. The number of hydrazone groups is 1. The Morgan fingerprint density at radius 2 is 1.89 bits per heavy atom. The van der Waals surface area contributed by atoms with Crippen LogP contribution in [0, 0.1) is 0 Å². The van der Waals surface area contributed by atoms with Gasteiger partial charge in [-0.25, -0.2) is 4.79 Å². The van der Waals surface area contributed by atoms with Crippen molar-refractivity contribution in [3.63, 3.8) is 0 Å². The van der Waals surface area contributed by atoms with Gasteiger partial charge in [0.1, 0.15) is 17.0 Å². The van der Waals surface area contributed by atoms with Gasteiger partial charge >= 0.3 is 6.03 Å². The summed E-state index contributed by atoms with van der Waals surface area (Å²) in [4.78, 5) is 25.1. The first-order chi connectivity index (χ1) is 12.8. The molecular formula is C18H15Cl2N3O4. The number of benzene rings is 2. The third-order valence-electron chi connectivity index (χ3n) is 4.21. The molecule has 27 heavy (non-hydrogen) atoms. The number of carbonyl (C=O) groups excluding carboxylic acids is 2. The summed E-state index contributed by atoms with van der Waals surface area (Å²) in [7, 11) is 1.53. The van der Waals surface area contributed by atoms with Gasteiger partial charge in [-0.2, -0.15) is 5.10 Å². The lowest BCUT2D eigenvalue weighted by Crippen LogP contribution is -2.40. The second kappa shape index (κ2) is 7.09. The molecule has 1 saturated heterocycles. The van der Waals surface area contributed by atoms with Crippen molar-refractivity contribution in [3.8, 4) is 11.5 Å². The Kier molecular flexibility index (Phi) is 4.99. The van der Waals surface area contributed by atoms with Crippen LogP contribution in [0.3, 0.4) is 0 Å². The van der Waals surface area contributed by atoms with Gasteiger partial charge in [0, 0.05) is 10.6 Å². The zero-order valence-corrected chi connectivity index (χ0v) is 15.9. The Balaban J connectivity index is 1.90. The van der Waals surface area contributed by atoms with E-state index < -0.39 is 17.5 Å². The molecule has 0 radical (unpaired) electrons. The van der Waals surface area contributed by atoms with Gasteiger partial charge < -0.3 is 15.2 Å². The summed E-state index contributed by atoms with van der Waals surface area (Å²) in [5.41, 5.74) is -0.534. The average molecular weight is 408 g/mol. The summed E-state index contributed by atoms with van der Waals surface area (Å²) >= 11 is 11.8. The first kappa shape index (κ1) is 19.0. The Morgan fingerprint density at radius 3 is 2.52 bits per heavy atom. The molecule has 1 aliphatic heterocycles. The van der Waals surface area contributed by atoms with Gasteiger partial charge in [0.2, 0.25) is 0 Å². The third kappa shape index (κ3) is 3.43. The van der Waals surface area contributed by atoms with Crippen molar-refractivity contribution in [1.29, 1.82) is 0 Å². The Hall–Kier alpha value is -2.77. The molecule has 7 nitrogen and oxygen atoms in total. The number of phenols is 1. The Morgan fingerprint density at radius 1 is 1.22 bits per heavy atom. The van der Waals surface area contributed by atoms with Crippen LogP contribution in [0.2, 0.25) is 10.0 Å². The zero-order chi connectivity index (χ0) is 19.8. The molecule has 0 saturated carbocycles. The minimum absolute atomic E-state index is 0.0317. The first-order valence-corrected chi connectivity index (χ1v) is 8.55. The van der Waals surface area contributed by atoms with Gasteiger partial charge in [-0.15, -0.1) is 5.01 Å². The molecule has 0 unspecified atom stereocenters. The second-order valence-corrected chi connectivity index (χ2v) is 6.81. The van der Waals surface area contributed by atoms with E-state index in [4.69, 9.17) is 27.9 Å². The van der Waals surface area contributed by atoms with Crippen molar-refractivity contribution in [2.75, 3.05) is 7.11 Å². The van der Waals surface area contributed by atoms with Gasteiger partial charge in [0.25, 0.3) is 5.91 Å². The molecule has 3 amide bonds. The van der Waals surface area contributed by atoms with E-state index in [1.165, 1.54) is 19.2 Å². The van der Waals surface area contributed by atoms with Crippen LogP contribution in [0.4, 0.5) is 4.79 Å². The summed E-state index contributed by atoms with van der Waals surface area (Å²) in [5, 5.41) is 17.5. The largest absolute Gasteiger partial charge is 0.506 e. The molecule has 9 heteroatoms. The van der Waals surface area contributed by atoms with Crippen molar-refractivity contribution in [2.24, 2.45) is 5.10 Å². The van der Waals surface area contributed by atoms with Gasteiger partial charge in [0.15, 0.2) is 0 Å². The van der Waals surface area contributed by atoms with Gasteiger partial charge in [0.05, 0.1) is 18.3 Å². The highest BCUT2D eigenvalue weighted by Crippen LogP contribution is 2.32. The van der Waals surface area contributed by atoms with Crippen LogP contribution in [0.25, 0.3) is 0 Å². The predicted octanol–water partition coefficient (Wildman–Crippen LogP) is 3.51. The number of nitrogens with one attached hydrogen (secondary N) is 1. The number of amides is 3. The van der Waals surface area contributed by atoms with Gasteiger partial charge in [-0.3, -0.25) is 4.79 Å². The van der Waals surface area contributed by atoms with Crippen LogP contribution in [-0.4, -0.2) is 35.4 Å². The average Bonchev–Trinajstić information content (AvgIpc) is 2.86. The number of urea groups is 1. The van der Waals surface area contributed by atoms with E-state index in [1.807, 2.05) is 0 Å². The molecule has 0 bridgehead atoms. The van der Waals surface area contributed by atoms with Crippen LogP contribution in [-0.2, 0) is 10.3 Å². The van der Waals surface area contributed by atoms with Crippen LogP contribution in [0.5, 0.6) is 11.5 Å². The number of carbonyl (C=O) groups is 2. The molecule has 1 heterocycles. The summed E-state index contributed by atoms with van der Waals surface area (Å²) in [6.45, 7) is 1.58. The number of halogens is 2. The predicted molar refractivity (Wildman–Crippen MR) is 101 cm³/mol. The standard InChI is InChI=1S/C18H15Cl2N3O4/c1-18(11-3-5-13(27-2)6-4-11)16(25)23(17(26)22-18)21-9-10-7-12(19)8-14(20)15(10)24/h3-9,24H,1-2H3,(H,22,26)/b21-9+/t18-/m0/s1. The van der Waals surface area contributed by atoms with Gasteiger partial charge in [-0.05, 0) is 36.8 Å². The van der Waals surface area contributed by atoms with E-state index in [9.17, 15) is 14.7 Å². The van der Waals surface area contributed by atoms with E-state index in [0.717, 1.165) is 6.21 Å². The number of hydrogen-bond donors (Lipinski definition) is 2. The monoisotopic (exact) mass is 407 g/mol. The van der Waals surface area contributed by atoms with Crippen molar-refractivity contribution >= 4 is 41.4 Å². The van der Waals surface area contributed by atoms with Crippen LogP contribution < -0.4 is 10.1 Å². The fraction of sp³-hybridized carbons (Fsp3) is 0.167. The number of ether oxygens (including phenoxy) is 1. The van der Waals surface area contributed by atoms with Crippen LogP contribution >= 0.6 is 23.2 Å².